The van der Waals surface area contributed by atoms with Crippen molar-refractivity contribution in [2.45, 2.75) is 6.92 Å². The van der Waals surface area contributed by atoms with Crippen molar-refractivity contribution in [2.24, 2.45) is 0 Å². The quantitative estimate of drug-likeness (QED) is 0.396. The van der Waals surface area contributed by atoms with Gasteiger partial charge < -0.3 is 5.73 Å². The van der Waals surface area contributed by atoms with E-state index in [0.29, 0.717) is 26.2 Å². The third-order valence-corrected chi connectivity index (χ3v) is 6.18. The number of ketones is 1. The third kappa shape index (κ3) is 3.32. The first kappa shape index (κ1) is 18.0. The van der Waals surface area contributed by atoms with Crippen molar-refractivity contribution in [1.29, 1.82) is 0 Å². The summed E-state index contributed by atoms with van der Waals surface area (Å²) in [5.41, 5.74) is 10.2. The van der Waals surface area contributed by atoms with Crippen molar-refractivity contribution in [1.82, 2.24) is 4.98 Å². The smallest absolute Gasteiger partial charge is 0.205 e. The summed E-state index contributed by atoms with van der Waals surface area (Å²) < 4.78 is 0. The molecule has 134 valence electrons. The van der Waals surface area contributed by atoms with Crippen LogP contribution in [-0.4, -0.2) is 10.8 Å². The van der Waals surface area contributed by atoms with Crippen LogP contribution in [0.25, 0.3) is 21.5 Å². The molecule has 0 spiro atoms. The van der Waals surface area contributed by atoms with Crippen LogP contribution in [0.15, 0.2) is 54.6 Å². The van der Waals surface area contributed by atoms with Gasteiger partial charge in [0.05, 0.1) is 21.4 Å². The number of nitrogen functional groups attached to an aromatic ring is 1. The molecular weight excluding hydrogens is 399 g/mol. The van der Waals surface area contributed by atoms with Crippen LogP contribution in [0.1, 0.15) is 20.8 Å². The lowest BCUT2D eigenvalue weighted by Gasteiger charge is -2.02. The fraction of sp³-hybridized carbons (Fsp3) is 0.0476. The van der Waals surface area contributed by atoms with Gasteiger partial charge in [-0.1, -0.05) is 53.0 Å². The first-order valence-corrected chi connectivity index (χ1v) is 9.77. The molecule has 0 atom stereocenters. The van der Waals surface area contributed by atoms with Gasteiger partial charge in [-0.05, 0) is 37.3 Å². The van der Waals surface area contributed by atoms with Crippen LogP contribution in [0.2, 0.25) is 10.0 Å². The Bertz CT molecular complexity index is 1180. The number of nitrogens with two attached hydrogens (primary N) is 1. The molecule has 3 nitrogen and oxygen atoms in total. The normalized spacial score (nSPS) is 11.1. The minimum atomic E-state index is -0.189. The van der Waals surface area contributed by atoms with Crippen LogP contribution in [0, 0.1) is 6.92 Å². The highest BCUT2D eigenvalue weighted by Gasteiger charge is 2.20. The Labute approximate surface area is 170 Å². The number of anilines is 1. The number of halogens is 2. The van der Waals surface area contributed by atoms with E-state index in [1.54, 1.807) is 18.2 Å². The molecule has 2 N–H and O–H groups in total. The fourth-order valence-electron chi connectivity index (χ4n) is 2.82. The number of hydrogen-bond acceptors (Lipinski definition) is 4. The van der Waals surface area contributed by atoms with Gasteiger partial charge in [-0.2, -0.15) is 0 Å². The van der Waals surface area contributed by atoms with Crippen LogP contribution in [0.3, 0.4) is 0 Å². The summed E-state index contributed by atoms with van der Waals surface area (Å²) in [5, 5.41) is 1.52. The zero-order valence-electron chi connectivity index (χ0n) is 14.3. The average molecular weight is 413 g/mol. The van der Waals surface area contributed by atoms with Crippen LogP contribution >= 0.6 is 34.5 Å². The summed E-state index contributed by atoms with van der Waals surface area (Å²) in [6.45, 7) is 2.04. The molecule has 27 heavy (non-hydrogen) atoms. The Morgan fingerprint density at radius 1 is 1.00 bits per heavy atom. The van der Waals surface area contributed by atoms with E-state index in [2.05, 4.69) is 0 Å². The summed E-state index contributed by atoms with van der Waals surface area (Å²) in [7, 11) is 0. The highest BCUT2D eigenvalue weighted by molar-refractivity contribution is 7.21. The maximum absolute atomic E-state index is 12.9. The van der Waals surface area contributed by atoms with Crippen molar-refractivity contribution >= 4 is 56.2 Å². The molecule has 0 unspecified atom stereocenters. The Kier molecular flexibility index (Phi) is 4.64. The van der Waals surface area contributed by atoms with E-state index < -0.39 is 0 Å². The van der Waals surface area contributed by atoms with Crippen molar-refractivity contribution in [3.8, 4) is 11.3 Å². The minimum absolute atomic E-state index is 0.189. The predicted molar refractivity (Wildman–Crippen MR) is 114 cm³/mol. The molecule has 0 radical (unpaired) electrons. The summed E-state index contributed by atoms with van der Waals surface area (Å²) in [5.74, 6) is -0.189. The van der Waals surface area contributed by atoms with Crippen LogP contribution in [0.5, 0.6) is 0 Å². The summed E-state index contributed by atoms with van der Waals surface area (Å²) in [4.78, 5) is 18.8. The molecule has 6 heteroatoms. The SMILES string of the molecule is Cc1ccc(-c2ccc3c(N)c(C(=O)c4ccc(Cl)c(Cl)c4)sc3n2)cc1. The van der Waals surface area contributed by atoms with Crippen LogP contribution < -0.4 is 5.73 Å². The molecule has 0 aliphatic carbocycles. The molecule has 2 aromatic heterocycles. The molecular formula is C21H14Cl2N2OS. The first-order chi connectivity index (χ1) is 12.9. The molecule has 2 heterocycles. The fourth-order valence-corrected chi connectivity index (χ4v) is 4.17. The zero-order chi connectivity index (χ0) is 19.1. The first-order valence-electron chi connectivity index (χ1n) is 8.20. The number of nitrogens with zero attached hydrogens (tertiary/aromatic N) is 1. The van der Waals surface area contributed by atoms with Crippen molar-refractivity contribution in [3.05, 3.63) is 80.6 Å². The number of pyridine rings is 1. The Morgan fingerprint density at radius 2 is 1.74 bits per heavy atom. The van der Waals surface area contributed by atoms with Crippen molar-refractivity contribution in [2.75, 3.05) is 5.73 Å². The Hall–Kier alpha value is -2.40. The summed E-state index contributed by atoms with van der Waals surface area (Å²) in [6.07, 6.45) is 0. The molecule has 0 saturated carbocycles. The van der Waals surface area contributed by atoms with Gasteiger partial charge in [0, 0.05) is 16.5 Å². The number of fused-ring (bicyclic) bond motifs is 1. The van der Waals surface area contributed by atoms with Crippen molar-refractivity contribution in [3.63, 3.8) is 0 Å². The summed E-state index contributed by atoms with van der Waals surface area (Å²) in [6, 6.07) is 16.8. The van der Waals surface area contributed by atoms with Gasteiger partial charge >= 0.3 is 0 Å². The molecule has 0 amide bonds. The number of aryl methyl sites for hydroxylation is 1. The van der Waals surface area contributed by atoms with E-state index in [4.69, 9.17) is 33.9 Å². The average Bonchev–Trinajstić information content (AvgIpc) is 3.00. The highest BCUT2D eigenvalue weighted by Crippen LogP contribution is 2.36. The molecule has 4 rings (SSSR count). The molecule has 0 aliphatic rings. The zero-order valence-corrected chi connectivity index (χ0v) is 16.6. The Morgan fingerprint density at radius 3 is 2.44 bits per heavy atom. The van der Waals surface area contributed by atoms with E-state index >= 15 is 0 Å². The molecule has 0 saturated heterocycles. The monoisotopic (exact) mass is 412 g/mol. The lowest BCUT2D eigenvalue weighted by atomic mass is 10.1. The second-order valence-corrected chi connectivity index (χ2v) is 8.03. The topological polar surface area (TPSA) is 56.0 Å². The molecule has 2 aromatic carbocycles. The van der Waals surface area contributed by atoms with E-state index in [9.17, 15) is 4.79 Å². The van der Waals surface area contributed by atoms with Crippen LogP contribution in [-0.2, 0) is 0 Å². The standard InChI is InChI=1S/C21H14Cl2N2OS/c1-11-2-4-12(5-3-11)17-9-7-14-18(24)20(27-21(14)25-17)19(26)13-6-8-15(22)16(23)10-13/h2-10H,24H2,1H3. The number of rotatable bonds is 3. The number of benzene rings is 2. The lowest BCUT2D eigenvalue weighted by Crippen LogP contribution is -2.02. The van der Waals surface area contributed by atoms with Gasteiger partial charge in [-0.15, -0.1) is 11.3 Å². The van der Waals surface area contributed by atoms with Gasteiger partial charge in [-0.25, -0.2) is 4.98 Å². The largest absolute Gasteiger partial charge is 0.397 e. The molecule has 0 aliphatic heterocycles. The number of carbonyl (C=O) groups is 1. The van der Waals surface area contributed by atoms with E-state index in [1.165, 1.54) is 16.9 Å². The van der Waals surface area contributed by atoms with Gasteiger partial charge in [0.15, 0.2) is 0 Å². The highest BCUT2D eigenvalue weighted by atomic mass is 35.5. The van der Waals surface area contributed by atoms with Crippen molar-refractivity contribution < 1.29 is 4.79 Å². The van der Waals surface area contributed by atoms with Crippen LogP contribution in [0.4, 0.5) is 5.69 Å². The second kappa shape index (κ2) is 6.97. The van der Waals surface area contributed by atoms with Gasteiger partial charge in [-0.3, -0.25) is 4.79 Å². The maximum Gasteiger partial charge on any atom is 0.205 e. The lowest BCUT2D eigenvalue weighted by molar-refractivity contribution is 0.104. The van der Waals surface area contributed by atoms with E-state index in [0.717, 1.165) is 21.5 Å². The van der Waals surface area contributed by atoms with Gasteiger partial charge in [0.25, 0.3) is 0 Å². The number of hydrogen-bond donors (Lipinski definition) is 1. The second-order valence-electron chi connectivity index (χ2n) is 6.22. The molecule has 4 aromatic rings. The number of thiophene rings is 1. The number of aromatic nitrogens is 1. The number of carbonyl (C=O) groups excluding carboxylic acids is 1. The summed E-state index contributed by atoms with van der Waals surface area (Å²) >= 11 is 13.3. The van der Waals surface area contributed by atoms with Gasteiger partial charge in [0.2, 0.25) is 5.78 Å². The van der Waals surface area contributed by atoms with E-state index in [1.807, 2.05) is 43.3 Å². The minimum Gasteiger partial charge on any atom is -0.397 e. The maximum atomic E-state index is 12.9. The predicted octanol–water partition coefficient (Wildman–Crippen LogP) is 6.39. The Balaban J connectivity index is 1.78. The molecule has 0 fully saturated rings. The van der Waals surface area contributed by atoms with E-state index in [-0.39, 0.29) is 5.78 Å². The third-order valence-electron chi connectivity index (χ3n) is 4.33. The van der Waals surface area contributed by atoms with Gasteiger partial charge in [0.1, 0.15) is 9.71 Å². The molecule has 0 bridgehead atoms.